The molecule has 0 saturated carbocycles. The van der Waals surface area contributed by atoms with Crippen molar-refractivity contribution < 1.29 is 14.7 Å². The second-order valence-corrected chi connectivity index (χ2v) is 7.77. The zero-order valence-electron chi connectivity index (χ0n) is 17.2. The van der Waals surface area contributed by atoms with Gasteiger partial charge in [0.1, 0.15) is 11.3 Å². The number of carbonyl (C=O) groups excluding carboxylic acids is 2. The maximum Gasteiger partial charge on any atom is 0.261 e. The van der Waals surface area contributed by atoms with Gasteiger partial charge in [0.25, 0.3) is 5.91 Å². The van der Waals surface area contributed by atoms with E-state index in [4.69, 9.17) is 0 Å². The van der Waals surface area contributed by atoms with Crippen LogP contribution in [0.4, 0.5) is 0 Å². The van der Waals surface area contributed by atoms with Crippen molar-refractivity contribution in [3.8, 4) is 0 Å². The number of ketones is 1. The third kappa shape index (κ3) is 7.51. The molecule has 1 N–H and O–H groups in total. The average Bonchev–Trinajstić information content (AvgIpc) is 2.82. The Morgan fingerprint density at radius 2 is 1.31 bits per heavy atom. The van der Waals surface area contributed by atoms with E-state index in [9.17, 15) is 14.7 Å². The molecule has 1 heterocycles. The SMILES string of the molecule is CCCCCCCCCCCCCCCC(=O)C1=C(O)C(C)N(C)C1=O. The molecule has 0 aliphatic carbocycles. The lowest BCUT2D eigenvalue weighted by Gasteiger charge is -2.14. The summed E-state index contributed by atoms with van der Waals surface area (Å²) < 4.78 is 0. The number of aliphatic hydroxyl groups is 1. The first-order valence-electron chi connectivity index (χ1n) is 10.7. The number of amides is 1. The second-order valence-electron chi connectivity index (χ2n) is 7.77. The van der Waals surface area contributed by atoms with Crippen molar-refractivity contribution >= 4 is 11.7 Å². The fourth-order valence-electron chi connectivity index (χ4n) is 3.54. The first-order valence-corrected chi connectivity index (χ1v) is 10.7. The van der Waals surface area contributed by atoms with Crippen LogP contribution in [-0.2, 0) is 9.59 Å². The van der Waals surface area contributed by atoms with Gasteiger partial charge in [-0.3, -0.25) is 9.59 Å². The van der Waals surface area contributed by atoms with Crippen LogP contribution in [0.15, 0.2) is 11.3 Å². The highest BCUT2D eigenvalue weighted by molar-refractivity contribution is 6.21. The lowest BCUT2D eigenvalue weighted by Crippen LogP contribution is -2.30. The molecule has 0 radical (unpaired) electrons. The third-order valence-corrected chi connectivity index (χ3v) is 5.55. The van der Waals surface area contributed by atoms with Gasteiger partial charge in [-0.25, -0.2) is 0 Å². The molecule has 1 aliphatic rings. The van der Waals surface area contributed by atoms with E-state index in [0.717, 1.165) is 19.3 Å². The van der Waals surface area contributed by atoms with Crippen LogP contribution < -0.4 is 0 Å². The Hall–Kier alpha value is -1.32. The van der Waals surface area contributed by atoms with Crippen LogP contribution in [-0.4, -0.2) is 34.8 Å². The van der Waals surface area contributed by atoms with Gasteiger partial charge in [0.15, 0.2) is 5.78 Å². The van der Waals surface area contributed by atoms with Gasteiger partial charge < -0.3 is 10.0 Å². The van der Waals surface area contributed by atoms with Gasteiger partial charge >= 0.3 is 0 Å². The molecule has 1 amide bonds. The Morgan fingerprint density at radius 3 is 1.69 bits per heavy atom. The molecule has 150 valence electrons. The maximum atomic E-state index is 12.2. The average molecular weight is 366 g/mol. The number of Topliss-reactive ketones (excluding diaryl/α,β-unsaturated/α-hetero) is 1. The summed E-state index contributed by atoms with van der Waals surface area (Å²) >= 11 is 0. The van der Waals surface area contributed by atoms with E-state index in [1.54, 1.807) is 14.0 Å². The van der Waals surface area contributed by atoms with Crippen LogP contribution in [0.1, 0.15) is 104 Å². The number of aliphatic hydroxyl groups excluding tert-OH is 1. The summed E-state index contributed by atoms with van der Waals surface area (Å²) in [6, 6.07) is -0.381. The molecule has 4 nitrogen and oxygen atoms in total. The second kappa shape index (κ2) is 12.9. The Balaban J connectivity index is 1.99. The standard InChI is InChI=1S/C22H39NO3/c1-4-5-6-7-8-9-10-11-12-13-14-15-16-17-19(24)20-21(25)18(2)23(3)22(20)26/h18,25H,4-17H2,1-3H3. The summed E-state index contributed by atoms with van der Waals surface area (Å²) in [5.74, 6) is -0.598. The van der Waals surface area contributed by atoms with Crippen molar-refractivity contribution in [1.29, 1.82) is 0 Å². The van der Waals surface area contributed by atoms with Gasteiger partial charge in [-0.1, -0.05) is 84.0 Å². The number of hydrogen-bond acceptors (Lipinski definition) is 3. The molecule has 0 bridgehead atoms. The highest BCUT2D eigenvalue weighted by Crippen LogP contribution is 2.24. The number of unbranched alkanes of at least 4 members (excludes halogenated alkanes) is 12. The van der Waals surface area contributed by atoms with Crippen molar-refractivity contribution in [3.05, 3.63) is 11.3 Å². The van der Waals surface area contributed by atoms with E-state index >= 15 is 0 Å². The van der Waals surface area contributed by atoms with E-state index in [0.29, 0.717) is 6.42 Å². The van der Waals surface area contributed by atoms with Crippen molar-refractivity contribution in [2.24, 2.45) is 0 Å². The smallest absolute Gasteiger partial charge is 0.261 e. The predicted molar refractivity (Wildman–Crippen MR) is 107 cm³/mol. The van der Waals surface area contributed by atoms with Crippen LogP contribution >= 0.6 is 0 Å². The number of carbonyl (C=O) groups is 2. The fourth-order valence-corrected chi connectivity index (χ4v) is 3.54. The molecular weight excluding hydrogens is 326 g/mol. The molecule has 0 spiro atoms. The summed E-state index contributed by atoms with van der Waals surface area (Å²) in [6.07, 6.45) is 16.8. The first kappa shape index (κ1) is 22.7. The predicted octanol–water partition coefficient (Wildman–Crippen LogP) is 5.71. The van der Waals surface area contributed by atoms with Crippen molar-refractivity contribution in [2.75, 3.05) is 7.05 Å². The molecule has 26 heavy (non-hydrogen) atoms. The fraction of sp³-hybridized carbons (Fsp3) is 0.818. The van der Waals surface area contributed by atoms with E-state index in [1.807, 2.05) is 0 Å². The maximum absolute atomic E-state index is 12.2. The van der Waals surface area contributed by atoms with E-state index < -0.39 is 0 Å². The van der Waals surface area contributed by atoms with Crippen LogP contribution in [0.2, 0.25) is 0 Å². The summed E-state index contributed by atoms with van der Waals surface area (Å²) in [7, 11) is 1.62. The monoisotopic (exact) mass is 365 g/mol. The molecule has 0 aromatic heterocycles. The van der Waals surface area contributed by atoms with Crippen LogP contribution in [0.5, 0.6) is 0 Å². The van der Waals surface area contributed by atoms with E-state index in [2.05, 4.69) is 6.92 Å². The topological polar surface area (TPSA) is 57.6 Å². The Kier molecular flexibility index (Phi) is 11.3. The van der Waals surface area contributed by atoms with Crippen molar-refractivity contribution in [3.63, 3.8) is 0 Å². The third-order valence-electron chi connectivity index (χ3n) is 5.55. The zero-order valence-corrected chi connectivity index (χ0v) is 17.2. The van der Waals surface area contributed by atoms with Gasteiger partial charge in [0, 0.05) is 13.5 Å². The normalized spacial score (nSPS) is 17.4. The van der Waals surface area contributed by atoms with Gasteiger partial charge in [-0.2, -0.15) is 0 Å². The first-order chi connectivity index (χ1) is 12.5. The molecular formula is C22H39NO3. The van der Waals surface area contributed by atoms with E-state index in [1.165, 1.54) is 69.1 Å². The Labute approximate surface area is 160 Å². The molecule has 0 fully saturated rings. The quantitative estimate of drug-likeness (QED) is 0.299. The van der Waals surface area contributed by atoms with Gasteiger partial charge in [0.2, 0.25) is 0 Å². The molecule has 1 unspecified atom stereocenters. The highest BCUT2D eigenvalue weighted by atomic mass is 16.3. The molecule has 4 heteroatoms. The van der Waals surface area contributed by atoms with Crippen LogP contribution in [0.3, 0.4) is 0 Å². The van der Waals surface area contributed by atoms with E-state index in [-0.39, 0.29) is 29.1 Å². The molecule has 1 atom stereocenters. The highest BCUT2D eigenvalue weighted by Gasteiger charge is 2.37. The minimum Gasteiger partial charge on any atom is -0.509 e. The minimum atomic E-state index is -0.381. The summed E-state index contributed by atoms with van der Waals surface area (Å²) in [5, 5.41) is 9.97. The minimum absolute atomic E-state index is 0.0129. The summed E-state index contributed by atoms with van der Waals surface area (Å²) in [5.41, 5.74) is 0.0129. The van der Waals surface area contributed by atoms with Gasteiger partial charge in [-0.05, 0) is 13.3 Å². The molecule has 0 aromatic rings. The van der Waals surface area contributed by atoms with Gasteiger partial charge in [-0.15, -0.1) is 0 Å². The number of nitrogens with zero attached hydrogens (tertiary/aromatic N) is 1. The van der Waals surface area contributed by atoms with Gasteiger partial charge in [0.05, 0.1) is 6.04 Å². The number of hydrogen-bond donors (Lipinski definition) is 1. The van der Waals surface area contributed by atoms with Crippen molar-refractivity contribution in [1.82, 2.24) is 4.90 Å². The molecule has 1 aliphatic heterocycles. The Morgan fingerprint density at radius 1 is 0.885 bits per heavy atom. The lowest BCUT2D eigenvalue weighted by molar-refractivity contribution is -0.128. The number of likely N-dealkylation sites (N-methyl/N-ethyl adjacent to an activating group) is 1. The van der Waals surface area contributed by atoms with Crippen LogP contribution in [0, 0.1) is 0 Å². The number of rotatable bonds is 15. The summed E-state index contributed by atoms with van der Waals surface area (Å²) in [6.45, 7) is 3.99. The lowest BCUT2D eigenvalue weighted by atomic mass is 10.0. The molecule has 1 rings (SSSR count). The van der Waals surface area contributed by atoms with Crippen molar-refractivity contribution in [2.45, 2.75) is 110 Å². The van der Waals surface area contributed by atoms with Crippen LogP contribution in [0.25, 0.3) is 0 Å². The zero-order chi connectivity index (χ0) is 19.4. The summed E-state index contributed by atoms with van der Waals surface area (Å²) in [4.78, 5) is 25.6. The largest absolute Gasteiger partial charge is 0.509 e. The molecule has 0 aromatic carbocycles. The molecule has 0 saturated heterocycles. The Bertz CT molecular complexity index is 470.